The number of hydrogen-bond acceptors (Lipinski definition) is 5. The van der Waals surface area contributed by atoms with Crippen LogP contribution in [0.5, 0.6) is 0 Å². The predicted octanol–water partition coefficient (Wildman–Crippen LogP) is 2.17. The van der Waals surface area contributed by atoms with Crippen LogP contribution in [0.4, 0.5) is 5.13 Å². The maximum Gasteiger partial charge on any atom is 0.303 e. The van der Waals surface area contributed by atoms with Crippen LogP contribution in [0.2, 0.25) is 0 Å². The molecule has 2 rings (SSSR count). The third-order valence-corrected chi connectivity index (χ3v) is 4.22. The van der Waals surface area contributed by atoms with E-state index in [2.05, 4.69) is 9.88 Å². The van der Waals surface area contributed by atoms with Gasteiger partial charge >= 0.3 is 5.97 Å². The molecule has 1 aromatic rings. The first-order valence-corrected chi connectivity index (χ1v) is 7.52. The number of nitrogens with zero attached hydrogens (tertiary/aromatic N) is 2. The van der Waals surface area contributed by atoms with Crippen molar-refractivity contribution >= 4 is 22.4 Å². The molecule has 1 aromatic heterocycles. The summed E-state index contributed by atoms with van der Waals surface area (Å²) < 4.78 is 5.71. The highest BCUT2D eigenvalue weighted by atomic mass is 32.1. The zero-order valence-corrected chi connectivity index (χ0v) is 12.0. The summed E-state index contributed by atoms with van der Waals surface area (Å²) in [6.45, 7) is 1.71. The van der Waals surface area contributed by atoms with Crippen molar-refractivity contribution in [3.8, 4) is 0 Å². The molecule has 0 aromatic carbocycles. The molecule has 2 heterocycles. The monoisotopic (exact) mass is 284 g/mol. The minimum absolute atomic E-state index is 0.138. The molecule has 1 saturated heterocycles. The quantitative estimate of drug-likeness (QED) is 0.867. The number of carboxylic acids is 1. The molecule has 5 nitrogen and oxygen atoms in total. The normalized spacial score (nSPS) is 19.3. The minimum Gasteiger partial charge on any atom is -0.481 e. The maximum atomic E-state index is 10.5. The minimum atomic E-state index is -0.779. The lowest BCUT2D eigenvalue weighted by Gasteiger charge is -2.27. The van der Waals surface area contributed by atoms with Gasteiger partial charge in [0.1, 0.15) is 0 Å². The Hall–Kier alpha value is -1.14. The van der Waals surface area contributed by atoms with E-state index < -0.39 is 5.97 Å². The number of hydrogen-bond donors (Lipinski definition) is 1. The van der Waals surface area contributed by atoms with Crippen molar-refractivity contribution in [3.63, 3.8) is 0 Å². The van der Waals surface area contributed by atoms with Gasteiger partial charge in [-0.1, -0.05) is 0 Å². The second kappa shape index (κ2) is 6.86. The highest BCUT2D eigenvalue weighted by molar-refractivity contribution is 7.13. The largest absolute Gasteiger partial charge is 0.481 e. The topological polar surface area (TPSA) is 62.7 Å². The second-order valence-corrected chi connectivity index (χ2v) is 5.72. The molecule has 0 bridgehead atoms. The van der Waals surface area contributed by atoms with E-state index in [1.807, 2.05) is 12.4 Å². The molecular formula is C13H20N2O3S. The summed E-state index contributed by atoms with van der Waals surface area (Å²) in [7, 11) is 2.01. The fourth-order valence-electron chi connectivity index (χ4n) is 2.16. The van der Waals surface area contributed by atoms with E-state index in [9.17, 15) is 4.79 Å². The van der Waals surface area contributed by atoms with Crippen molar-refractivity contribution in [2.45, 2.75) is 38.2 Å². The fourth-order valence-corrected chi connectivity index (χ4v) is 2.99. The zero-order valence-electron chi connectivity index (χ0n) is 11.2. The number of thiazole rings is 1. The van der Waals surface area contributed by atoms with Crippen molar-refractivity contribution in [1.82, 2.24) is 4.98 Å². The number of carboxylic acid groups (broad SMARTS) is 1. The van der Waals surface area contributed by atoms with Crippen molar-refractivity contribution in [1.29, 1.82) is 0 Å². The Morgan fingerprint density at radius 2 is 2.47 bits per heavy atom. The molecule has 1 fully saturated rings. The van der Waals surface area contributed by atoms with Gasteiger partial charge in [0, 0.05) is 32.0 Å². The molecule has 0 radical (unpaired) electrons. The highest BCUT2D eigenvalue weighted by Crippen LogP contribution is 2.22. The van der Waals surface area contributed by atoms with Gasteiger partial charge in [0.25, 0.3) is 0 Å². The summed E-state index contributed by atoms with van der Waals surface area (Å²) in [6, 6.07) is 0. The first-order valence-electron chi connectivity index (χ1n) is 6.64. The van der Waals surface area contributed by atoms with Gasteiger partial charge in [0.15, 0.2) is 5.13 Å². The van der Waals surface area contributed by atoms with E-state index in [1.165, 1.54) is 6.42 Å². The Morgan fingerprint density at radius 1 is 1.63 bits per heavy atom. The summed E-state index contributed by atoms with van der Waals surface area (Å²) in [4.78, 5) is 17.1. The molecule has 1 aliphatic rings. The van der Waals surface area contributed by atoms with Crippen LogP contribution in [-0.2, 0) is 16.0 Å². The summed E-state index contributed by atoms with van der Waals surface area (Å²) in [5.74, 6) is -0.779. The molecule has 1 atom stereocenters. The van der Waals surface area contributed by atoms with Crippen molar-refractivity contribution in [3.05, 3.63) is 11.1 Å². The molecule has 0 saturated carbocycles. The Morgan fingerprint density at radius 3 is 3.16 bits per heavy atom. The number of rotatable bonds is 6. The predicted molar refractivity (Wildman–Crippen MR) is 74.9 cm³/mol. The van der Waals surface area contributed by atoms with Gasteiger partial charge < -0.3 is 14.7 Å². The van der Waals surface area contributed by atoms with Gasteiger partial charge in [-0.25, -0.2) is 4.98 Å². The van der Waals surface area contributed by atoms with E-state index in [4.69, 9.17) is 9.84 Å². The van der Waals surface area contributed by atoms with Crippen molar-refractivity contribution in [2.75, 3.05) is 25.1 Å². The molecule has 0 aliphatic carbocycles. The van der Waals surface area contributed by atoms with E-state index in [1.54, 1.807) is 11.3 Å². The summed E-state index contributed by atoms with van der Waals surface area (Å²) in [5.41, 5.74) is 0.860. The van der Waals surface area contributed by atoms with Crippen molar-refractivity contribution in [2.24, 2.45) is 0 Å². The maximum absolute atomic E-state index is 10.5. The number of aromatic nitrogens is 1. The number of aryl methyl sites for hydroxylation is 1. The average molecular weight is 284 g/mol. The molecule has 19 heavy (non-hydrogen) atoms. The lowest BCUT2D eigenvalue weighted by atomic mass is 10.1. The number of ether oxygens (including phenoxy) is 1. The van der Waals surface area contributed by atoms with Crippen molar-refractivity contribution < 1.29 is 14.6 Å². The van der Waals surface area contributed by atoms with Gasteiger partial charge in [-0.15, -0.1) is 11.3 Å². The molecule has 0 spiro atoms. The van der Waals surface area contributed by atoms with Crippen LogP contribution in [-0.4, -0.2) is 42.4 Å². The zero-order chi connectivity index (χ0) is 13.7. The third-order valence-electron chi connectivity index (χ3n) is 3.21. The summed E-state index contributed by atoms with van der Waals surface area (Å²) in [6.07, 6.45) is 4.45. The van der Waals surface area contributed by atoms with E-state index in [-0.39, 0.29) is 6.42 Å². The smallest absolute Gasteiger partial charge is 0.303 e. The average Bonchev–Trinajstić information content (AvgIpc) is 2.86. The second-order valence-electron chi connectivity index (χ2n) is 4.88. The van der Waals surface area contributed by atoms with E-state index in [0.717, 1.165) is 36.8 Å². The van der Waals surface area contributed by atoms with Crippen LogP contribution >= 0.6 is 11.3 Å². The van der Waals surface area contributed by atoms with Gasteiger partial charge in [0.05, 0.1) is 18.2 Å². The lowest BCUT2D eigenvalue weighted by Crippen LogP contribution is -2.33. The first-order chi connectivity index (χ1) is 9.15. The standard InChI is InChI=1S/C13H20N2O3S/c1-15(8-11-4-2-3-7-18-11)13-14-10(9-19-13)5-6-12(16)17/h9,11H,2-8H2,1H3,(H,16,17). The van der Waals surface area contributed by atoms with Gasteiger partial charge in [-0.2, -0.15) is 0 Å². The Labute approximate surface area is 117 Å². The third kappa shape index (κ3) is 4.47. The van der Waals surface area contributed by atoms with Crippen LogP contribution in [0.15, 0.2) is 5.38 Å². The van der Waals surface area contributed by atoms with Crippen LogP contribution < -0.4 is 4.90 Å². The Kier molecular flexibility index (Phi) is 5.15. The van der Waals surface area contributed by atoms with Crippen LogP contribution in [0.25, 0.3) is 0 Å². The summed E-state index contributed by atoms with van der Waals surface area (Å²) in [5, 5.41) is 11.5. The molecule has 1 N–H and O–H groups in total. The number of carbonyl (C=O) groups is 1. The van der Waals surface area contributed by atoms with Gasteiger partial charge in [-0.3, -0.25) is 4.79 Å². The SMILES string of the molecule is CN(CC1CCCCO1)c1nc(CCC(=O)O)cs1. The van der Waals surface area contributed by atoms with E-state index in [0.29, 0.717) is 12.5 Å². The molecule has 106 valence electrons. The van der Waals surface area contributed by atoms with Crippen LogP contribution in [0, 0.1) is 0 Å². The number of aliphatic carboxylic acids is 1. The highest BCUT2D eigenvalue weighted by Gasteiger charge is 2.17. The van der Waals surface area contributed by atoms with Gasteiger partial charge in [0.2, 0.25) is 0 Å². The van der Waals surface area contributed by atoms with Crippen LogP contribution in [0.3, 0.4) is 0 Å². The summed E-state index contributed by atoms with van der Waals surface area (Å²) >= 11 is 1.56. The number of anilines is 1. The molecular weight excluding hydrogens is 264 g/mol. The molecule has 6 heteroatoms. The fraction of sp³-hybridized carbons (Fsp3) is 0.692. The Bertz CT molecular complexity index is 416. The van der Waals surface area contributed by atoms with Gasteiger partial charge in [-0.05, 0) is 19.3 Å². The first kappa shape index (κ1) is 14.3. The van der Waals surface area contributed by atoms with Crippen LogP contribution in [0.1, 0.15) is 31.4 Å². The lowest BCUT2D eigenvalue weighted by molar-refractivity contribution is -0.136. The molecule has 1 unspecified atom stereocenters. The molecule has 0 amide bonds. The Balaban J connectivity index is 1.84. The van der Waals surface area contributed by atoms with E-state index >= 15 is 0 Å². The molecule has 1 aliphatic heterocycles. The number of likely N-dealkylation sites (N-methyl/N-ethyl adjacent to an activating group) is 1.